The summed E-state index contributed by atoms with van der Waals surface area (Å²) < 4.78 is 0. The molecule has 2 unspecified atom stereocenters. The summed E-state index contributed by atoms with van der Waals surface area (Å²) in [4.78, 5) is 0. The van der Waals surface area contributed by atoms with Crippen LogP contribution >= 0.6 is 0 Å². The lowest BCUT2D eigenvalue weighted by Crippen LogP contribution is -2.58. The lowest BCUT2D eigenvalue weighted by atomic mass is 9.54. The van der Waals surface area contributed by atoms with Gasteiger partial charge in [0.1, 0.15) is 0 Å². The van der Waals surface area contributed by atoms with Crippen LogP contribution in [0.5, 0.6) is 0 Å². The van der Waals surface area contributed by atoms with Crippen molar-refractivity contribution in [2.45, 2.75) is 82.4 Å². The normalized spacial score (nSPS) is 53.2. The molecule has 0 aromatic heterocycles. The van der Waals surface area contributed by atoms with E-state index in [1.54, 1.807) is 0 Å². The van der Waals surface area contributed by atoms with Crippen LogP contribution < -0.4 is 5.32 Å². The number of hydrogen-bond acceptors (Lipinski definition) is 2. The highest BCUT2D eigenvalue weighted by atomic mass is 16.3. The minimum Gasteiger partial charge on any atom is -0.392 e. The van der Waals surface area contributed by atoms with Crippen LogP contribution in [0.15, 0.2) is 0 Å². The van der Waals surface area contributed by atoms with Crippen molar-refractivity contribution in [1.29, 1.82) is 0 Å². The second-order valence-electron chi connectivity index (χ2n) is 7.94. The SMILES string of the molecule is OC1CCCCCC1NC1C2CC3CC(C2)CC1C3. The van der Waals surface area contributed by atoms with E-state index in [4.69, 9.17) is 0 Å². The lowest BCUT2D eigenvalue weighted by molar-refractivity contribution is -0.0258. The average molecular weight is 263 g/mol. The van der Waals surface area contributed by atoms with E-state index in [0.29, 0.717) is 6.04 Å². The van der Waals surface area contributed by atoms with E-state index in [0.717, 1.165) is 36.1 Å². The zero-order chi connectivity index (χ0) is 12.8. The van der Waals surface area contributed by atoms with Gasteiger partial charge < -0.3 is 10.4 Å². The molecule has 0 aromatic rings. The van der Waals surface area contributed by atoms with E-state index in [2.05, 4.69) is 5.32 Å². The zero-order valence-corrected chi connectivity index (χ0v) is 12.1. The summed E-state index contributed by atoms with van der Waals surface area (Å²) in [6, 6.07) is 1.13. The molecule has 2 heteroatoms. The molecule has 2 nitrogen and oxygen atoms in total. The average Bonchev–Trinajstić information content (AvgIpc) is 2.58. The summed E-state index contributed by atoms with van der Waals surface area (Å²) in [6.07, 6.45) is 13.4. The molecule has 0 radical (unpaired) electrons. The van der Waals surface area contributed by atoms with Gasteiger partial charge in [-0.2, -0.15) is 0 Å². The van der Waals surface area contributed by atoms with Gasteiger partial charge in [0.05, 0.1) is 6.10 Å². The van der Waals surface area contributed by atoms with Gasteiger partial charge in [-0.05, 0) is 68.6 Å². The Morgan fingerprint density at radius 3 is 2.05 bits per heavy atom. The van der Waals surface area contributed by atoms with E-state index in [1.165, 1.54) is 57.8 Å². The van der Waals surface area contributed by atoms with E-state index in [1.807, 2.05) is 0 Å². The van der Waals surface area contributed by atoms with Crippen LogP contribution in [-0.2, 0) is 0 Å². The molecule has 2 atom stereocenters. The molecule has 0 heterocycles. The van der Waals surface area contributed by atoms with Gasteiger partial charge in [-0.25, -0.2) is 0 Å². The Kier molecular flexibility index (Phi) is 3.35. The predicted octanol–water partition coefficient (Wildman–Crippen LogP) is 3.09. The maximum atomic E-state index is 10.3. The third-order valence-electron chi connectivity index (χ3n) is 6.61. The topological polar surface area (TPSA) is 32.3 Å². The molecule has 0 aliphatic heterocycles. The molecule has 5 aliphatic carbocycles. The standard InChI is InChI=1S/C17H29NO/c19-16-5-3-1-2-4-15(16)18-17-13-7-11-6-12(9-13)10-14(17)8-11/h11-19H,1-10H2. The first-order valence-corrected chi connectivity index (χ1v) is 8.73. The quantitative estimate of drug-likeness (QED) is 0.750. The molecule has 5 fully saturated rings. The summed E-state index contributed by atoms with van der Waals surface area (Å²) in [5, 5.41) is 14.3. The van der Waals surface area contributed by atoms with Gasteiger partial charge in [0.15, 0.2) is 0 Å². The molecule has 5 saturated carbocycles. The first-order chi connectivity index (χ1) is 9.29. The second kappa shape index (κ2) is 5.04. The van der Waals surface area contributed by atoms with E-state index >= 15 is 0 Å². The van der Waals surface area contributed by atoms with E-state index in [9.17, 15) is 5.11 Å². The van der Waals surface area contributed by atoms with Crippen molar-refractivity contribution in [3.63, 3.8) is 0 Å². The van der Waals surface area contributed by atoms with Crippen molar-refractivity contribution in [2.24, 2.45) is 23.7 Å². The molecule has 0 saturated heterocycles. The van der Waals surface area contributed by atoms with Crippen LogP contribution in [-0.4, -0.2) is 23.3 Å². The second-order valence-corrected chi connectivity index (χ2v) is 7.94. The van der Waals surface area contributed by atoms with Gasteiger partial charge in [0.2, 0.25) is 0 Å². The molecule has 108 valence electrons. The fourth-order valence-electron chi connectivity index (χ4n) is 5.93. The third-order valence-corrected chi connectivity index (χ3v) is 6.61. The Morgan fingerprint density at radius 2 is 1.37 bits per heavy atom. The highest BCUT2D eigenvalue weighted by Gasteiger charge is 2.48. The van der Waals surface area contributed by atoms with Crippen LogP contribution in [0.4, 0.5) is 0 Å². The van der Waals surface area contributed by atoms with Crippen molar-refractivity contribution in [1.82, 2.24) is 5.32 Å². The molecule has 5 aliphatic rings. The highest BCUT2D eigenvalue weighted by molar-refractivity contribution is 5.02. The Hall–Kier alpha value is -0.0800. The van der Waals surface area contributed by atoms with Gasteiger partial charge in [-0.3, -0.25) is 0 Å². The van der Waals surface area contributed by atoms with Crippen molar-refractivity contribution in [3.8, 4) is 0 Å². The molecular weight excluding hydrogens is 234 g/mol. The highest BCUT2D eigenvalue weighted by Crippen LogP contribution is 2.53. The van der Waals surface area contributed by atoms with Gasteiger partial charge in [0, 0.05) is 12.1 Å². The predicted molar refractivity (Wildman–Crippen MR) is 76.8 cm³/mol. The first kappa shape index (κ1) is 12.6. The number of rotatable bonds is 2. The summed E-state index contributed by atoms with van der Waals surface area (Å²) in [7, 11) is 0. The molecule has 0 amide bonds. The number of hydrogen-bond donors (Lipinski definition) is 2. The number of nitrogens with one attached hydrogen (secondary N) is 1. The Balaban J connectivity index is 1.44. The van der Waals surface area contributed by atoms with Crippen molar-refractivity contribution >= 4 is 0 Å². The van der Waals surface area contributed by atoms with Gasteiger partial charge in [-0.1, -0.05) is 19.3 Å². The fourth-order valence-corrected chi connectivity index (χ4v) is 5.93. The Bertz CT molecular complexity index is 301. The third kappa shape index (κ3) is 2.35. The first-order valence-electron chi connectivity index (χ1n) is 8.73. The van der Waals surface area contributed by atoms with Crippen LogP contribution in [0.3, 0.4) is 0 Å². The molecular formula is C17H29NO. The Morgan fingerprint density at radius 1 is 0.737 bits per heavy atom. The van der Waals surface area contributed by atoms with Crippen molar-refractivity contribution in [2.75, 3.05) is 0 Å². The molecule has 5 rings (SSSR count). The minimum absolute atomic E-state index is 0.0836. The van der Waals surface area contributed by atoms with Gasteiger partial charge in [-0.15, -0.1) is 0 Å². The summed E-state index contributed by atoms with van der Waals surface area (Å²) in [5.74, 6) is 3.98. The van der Waals surface area contributed by atoms with Gasteiger partial charge >= 0.3 is 0 Å². The Labute approximate surface area is 117 Å². The zero-order valence-electron chi connectivity index (χ0n) is 12.1. The fraction of sp³-hybridized carbons (Fsp3) is 1.00. The molecule has 0 spiro atoms. The summed E-state index contributed by atoms with van der Waals surface area (Å²) >= 11 is 0. The maximum Gasteiger partial charge on any atom is 0.0693 e. The van der Waals surface area contributed by atoms with Crippen molar-refractivity contribution < 1.29 is 5.11 Å². The van der Waals surface area contributed by atoms with Crippen LogP contribution in [0.1, 0.15) is 64.2 Å². The summed E-state index contributed by atoms with van der Waals surface area (Å²) in [6.45, 7) is 0. The monoisotopic (exact) mass is 263 g/mol. The largest absolute Gasteiger partial charge is 0.392 e. The van der Waals surface area contributed by atoms with E-state index in [-0.39, 0.29) is 6.10 Å². The molecule has 0 aromatic carbocycles. The lowest BCUT2D eigenvalue weighted by Gasteiger charge is -2.55. The van der Waals surface area contributed by atoms with Crippen LogP contribution in [0.2, 0.25) is 0 Å². The van der Waals surface area contributed by atoms with Crippen LogP contribution in [0, 0.1) is 23.7 Å². The summed E-state index contributed by atoms with van der Waals surface area (Å²) in [5.41, 5.74) is 0. The van der Waals surface area contributed by atoms with Gasteiger partial charge in [0.25, 0.3) is 0 Å². The molecule has 19 heavy (non-hydrogen) atoms. The molecule has 2 N–H and O–H groups in total. The van der Waals surface area contributed by atoms with Crippen LogP contribution in [0.25, 0.3) is 0 Å². The number of aliphatic hydroxyl groups excluding tert-OH is 1. The molecule has 4 bridgehead atoms. The minimum atomic E-state index is -0.0836. The van der Waals surface area contributed by atoms with E-state index < -0.39 is 0 Å². The van der Waals surface area contributed by atoms with Crippen molar-refractivity contribution in [3.05, 3.63) is 0 Å². The smallest absolute Gasteiger partial charge is 0.0693 e. The maximum absolute atomic E-state index is 10.3. The number of aliphatic hydroxyl groups is 1.